The van der Waals surface area contributed by atoms with Crippen LogP contribution in [-0.2, 0) is 0 Å². The second kappa shape index (κ2) is 13.4. The number of allylic oxidation sites excluding steroid dienone is 8. The molecule has 0 N–H and O–H groups in total. The largest absolute Gasteiger partial charge is 0.345 e. The molecule has 0 saturated carbocycles. The van der Waals surface area contributed by atoms with Crippen molar-refractivity contribution in [2.75, 3.05) is 11.4 Å². The van der Waals surface area contributed by atoms with Gasteiger partial charge in [0.1, 0.15) is 0 Å². The molecular weight excluding hydrogens is 532 g/mol. The Morgan fingerprint density at radius 3 is 2.24 bits per heavy atom. The molecular formula is C39H41ClN2. The summed E-state index contributed by atoms with van der Waals surface area (Å²) < 4.78 is 0. The van der Waals surface area contributed by atoms with Gasteiger partial charge in [0.2, 0.25) is 0 Å². The Morgan fingerprint density at radius 2 is 1.52 bits per heavy atom. The molecule has 0 aromatic heterocycles. The molecule has 4 aromatic rings. The lowest BCUT2D eigenvalue weighted by molar-refractivity contribution is 0.791. The van der Waals surface area contributed by atoms with Crippen LogP contribution in [0.4, 0.5) is 11.4 Å². The molecule has 5 rings (SSSR count). The van der Waals surface area contributed by atoms with Crippen LogP contribution in [0.3, 0.4) is 0 Å². The van der Waals surface area contributed by atoms with Gasteiger partial charge in [0.15, 0.2) is 0 Å². The van der Waals surface area contributed by atoms with E-state index in [1.165, 1.54) is 55.2 Å². The quantitative estimate of drug-likeness (QED) is 0.192. The van der Waals surface area contributed by atoms with Crippen molar-refractivity contribution < 1.29 is 0 Å². The van der Waals surface area contributed by atoms with Crippen molar-refractivity contribution in [3.8, 4) is 0 Å². The number of aryl methyl sites for hydroxylation is 2. The fourth-order valence-electron chi connectivity index (χ4n) is 5.92. The van der Waals surface area contributed by atoms with Gasteiger partial charge in [-0.25, -0.2) is 0 Å². The van der Waals surface area contributed by atoms with Crippen LogP contribution in [0.25, 0.3) is 21.5 Å². The molecule has 3 heteroatoms. The minimum atomic E-state index is 0.875. The van der Waals surface area contributed by atoms with Gasteiger partial charge < -0.3 is 4.90 Å². The zero-order chi connectivity index (χ0) is 29.6. The first-order valence-corrected chi connectivity index (χ1v) is 15.5. The Labute approximate surface area is 256 Å². The lowest BCUT2D eigenvalue weighted by Gasteiger charge is -2.27. The molecule has 0 bridgehead atoms. The predicted octanol–water partition coefficient (Wildman–Crippen LogP) is 11.7. The van der Waals surface area contributed by atoms with Crippen molar-refractivity contribution in [1.29, 1.82) is 0 Å². The Hall–Kier alpha value is -3.88. The first kappa shape index (κ1) is 29.6. The molecule has 0 amide bonds. The standard InChI is InChI=1S/C39H41ClN2/c1-6-26-42(38-25-23-32-13-8-10-17-36(32)30(38)5)28(3)19-21-34-15-11-14-33(39(34)40)20-18-27(2)41-37-24-22-31-12-7-9-16-35(31)29(37)4/h7-10,12-13,16-25H,6,11,14-15,26H2,1-5H3/b20-18+,28-19+,34-21+,41-27?. The van der Waals surface area contributed by atoms with Crippen molar-refractivity contribution in [1.82, 2.24) is 0 Å². The highest BCUT2D eigenvalue weighted by atomic mass is 35.5. The third-order valence-electron chi connectivity index (χ3n) is 8.31. The molecule has 42 heavy (non-hydrogen) atoms. The molecule has 0 heterocycles. The van der Waals surface area contributed by atoms with E-state index in [1.807, 2.05) is 0 Å². The monoisotopic (exact) mass is 572 g/mol. The summed E-state index contributed by atoms with van der Waals surface area (Å²) in [6.45, 7) is 11.9. The molecule has 4 aromatic carbocycles. The number of fused-ring (bicyclic) bond motifs is 2. The zero-order valence-corrected chi connectivity index (χ0v) is 26.3. The van der Waals surface area contributed by atoms with Crippen molar-refractivity contribution in [2.45, 2.75) is 60.3 Å². The van der Waals surface area contributed by atoms with Crippen LogP contribution >= 0.6 is 11.6 Å². The fraction of sp³-hybridized carbons (Fsp3) is 0.256. The van der Waals surface area contributed by atoms with Crippen molar-refractivity contribution in [3.63, 3.8) is 0 Å². The highest BCUT2D eigenvalue weighted by molar-refractivity contribution is 6.32. The topological polar surface area (TPSA) is 15.6 Å². The maximum atomic E-state index is 6.99. The third kappa shape index (κ3) is 6.45. The molecule has 0 atom stereocenters. The Kier molecular flexibility index (Phi) is 9.45. The number of rotatable bonds is 8. The maximum Gasteiger partial charge on any atom is 0.0668 e. The number of aliphatic imine (C=N–C) groups is 1. The van der Waals surface area contributed by atoms with Crippen molar-refractivity contribution in [2.24, 2.45) is 4.99 Å². The van der Waals surface area contributed by atoms with Crippen LogP contribution in [0, 0.1) is 13.8 Å². The normalized spacial score (nSPS) is 15.9. The fourth-order valence-corrected chi connectivity index (χ4v) is 6.24. The van der Waals surface area contributed by atoms with Crippen LogP contribution < -0.4 is 4.90 Å². The van der Waals surface area contributed by atoms with Gasteiger partial charge >= 0.3 is 0 Å². The Morgan fingerprint density at radius 1 is 0.857 bits per heavy atom. The van der Waals surface area contributed by atoms with Gasteiger partial charge in [-0.15, -0.1) is 0 Å². The van der Waals surface area contributed by atoms with Gasteiger partial charge in [-0.2, -0.15) is 0 Å². The molecule has 0 unspecified atom stereocenters. The molecule has 0 saturated heterocycles. The van der Waals surface area contributed by atoms with E-state index in [4.69, 9.17) is 16.6 Å². The average molecular weight is 573 g/mol. The van der Waals surface area contributed by atoms with Gasteiger partial charge in [-0.3, -0.25) is 4.99 Å². The highest BCUT2D eigenvalue weighted by Crippen LogP contribution is 2.35. The molecule has 0 aliphatic heterocycles. The highest BCUT2D eigenvalue weighted by Gasteiger charge is 2.15. The average Bonchev–Trinajstić information content (AvgIpc) is 3.01. The Balaban J connectivity index is 1.38. The molecule has 0 radical (unpaired) electrons. The smallest absolute Gasteiger partial charge is 0.0668 e. The molecule has 1 aliphatic rings. The van der Waals surface area contributed by atoms with Crippen LogP contribution in [0.5, 0.6) is 0 Å². The van der Waals surface area contributed by atoms with Crippen LogP contribution in [-0.4, -0.2) is 12.3 Å². The molecule has 2 nitrogen and oxygen atoms in total. The van der Waals surface area contributed by atoms with Gasteiger partial charge in [0, 0.05) is 28.7 Å². The van der Waals surface area contributed by atoms with E-state index in [0.717, 1.165) is 48.7 Å². The molecule has 0 spiro atoms. The van der Waals surface area contributed by atoms with Gasteiger partial charge in [0.25, 0.3) is 0 Å². The summed E-state index contributed by atoms with van der Waals surface area (Å²) in [6, 6.07) is 25.9. The Bertz CT molecular complexity index is 1770. The third-order valence-corrected chi connectivity index (χ3v) is 8.79. The van der Waals surface area contributed by atoms with E-state index >= 15 is 0 Å². The summed E-state index contributed by atoms with van der Waals surface area (Å²) in [5.41, 5.74) is 9.39. The van der Waals surface area contributed by atoms with Crippen LogP contribution in [0.15, 0.2) is 124 Å². The number of hydrogen-bond donors (Lipinski definition) is 0. The molecule has 0 fully saturated rings. The zero-order valence-electron chi connectivity index (χ0n) is 25.5. The first-order chi connectivity index (χ1) is 20.4. The number of halogens is 1. The SMILES string of the molecule is CCCN(/C(C)=C/C=C1\CCCC(/C=C/C(C)=Nc2ccc3ccccc3c2C)=C1Cl)c1ccc2ccccc2c1C. The second-order valence-electron chi connectivity index (χ2n) is 11.3. The van der Waals surface area contributed by atoms with E-state index in [0.29, 0.717) is 0 Å². The van der Waals surface area contributed by atoms with E-state index in [2.05, 4.69) is 137 Å². The molecule has 214 valence electrons. The van der Waals surface area contributed by atoms with E-state index < -0.39 is 0 Å². The summed E-state index contributed by atoms with van der Waals surface area (Å²) in [5.74, 6) is 0. The van der Waals surface area contributed by atoms with Gasteiger partial charge in [0.05, 0.1) is 5.69 Å². The lowest BCUT2D eigenvalue weighted by atomic mass is 9.94. The summed E-state index contributed by atoms with van der Waals surface area (Å²) in [4.78, 5) is 7.36. The van der Waals surface area contributed by atoms with E-state index in [9.17, 15) is 0 Å². The maximum absolute atomic E-state index is 6.99. The number of benzene rings is 4. The second-order valence-corrected chi connectivity index (χ2v) is 11.7. The van der Waals surface area contributed by atoms with Crippen LogP contribution in [0.2, 0.25) is 0 Å². The predicted molar refractivity (Wildman–Crippen MR) is 185 cm³/mol. The first-order valence-electron chi connectivity index (χ1n) is 15.1. The van der Waals surface area contributed by atoms with Crippen molar-refractivity contribution in [3.05, 3.63) is 130 Å². The minimum Gasteiger partial charge on any atom is -0.345 e. The number of anilines is 1. The van der Waals surface area contributed by atoms with E-state index in [-0.39, 0.29) is 0 Å². The summed E-state index contributed by atoms with van der Waals surface area (Å²) >= 11 is 6.99. The summed E-state index contributed by atoms with van der Waals surface area (Å²) in [7, 11) is 0. The van der Waals surface area contributed by atoms with E-state index in [1.54, 1.807) is 0 Å². The summed E-state index contributed by atoms with van der Waals surface area (Å²) in [6.07, 6.45) is 12.9. The number of nitrogens with zero attached hydrogens (tertiary/aromatic N) is 2. The summed E-state index contributed by atoms with van der Waals surface area (Å²) in [5, 5.41) is 5.97. The van der Waals surface area contributed by atoms with Crippen LogP contribution in [0.1, 0.15) is 57.6 Å². The van der Waals surface area contributed by atoms with Crippen molar-refractivity contribution >= 4 is 50.2 Å². The molecule has 1 aliphatic carbocycles. The lowest BCUT2D eigenvalue weighted by Crippen LogP contribution is -2.22. The van der Waals surface area contributed by atoms with Gasteiger partial charge in [-0.05, 0) is 121 Å². The van der Waals surface area contributed by atoms with Gasteiger partial charge in [-0.1, -0.05) is 91.3 Å². The number of hydrogen-bond acceptors (Lipinski definition) is 2. The minimum absolute atomic E-state index is 0.875.